The zero-order valence-corrected chi connectivity index (χ0v) is 15.7. The number of rotatable bonds is 6. The van der Waals surface area contributed by atoms with E-state index in [1.54, 1.807) is 6.92 Å². The first kappa shape index (κ1) is 21.3. The monoisotopic (exact) mass is 426 g/mol. The molecule has 2 amide bonds. The molecule has 1 fully saturated rings. The highest BCUT2D eigenvalue weighted by atomic mass is 19.4. The first-order chi connectivity index (χ1) is 14.0. The van der Waals surface area contributed by atoms with Crippen LogP contribution in [-0.2, 0) is 11.0 Å². The van der Waals surface area contributed by atoms with Crippen LogP contribution in [0.2, 0.25) is 0 Å². The van der Waals surface area contributed by atoms with Gasteiger partial charge in [-0.25, -0.2) is 9.18 Å². The summed E-state index contributed by atoms with van der Waals surface area (Å²) in [7, 11) is 0. The fraction of sp³-hybridized carbons (Fsp3) is 0.316. The van der Waals surface area contributed by atoms with Crippen molar-refractivity contribution in [1.29, 1.82) is 0 Å². The minimum Gasteiger partial charge on any atom is -0.465 e. The van der Waals surface area contributed by atoms with E-state index < -0.39 is 46.8 Å². The van der Waals surface area contributed by atoms with Gasteiger partial charge in [0.15, 0.2) is 0 Å². The molecule has 0 spiro atoms. The van der Waals surface area contributed by atoms with Crippen LogP contribution in [0.3, 0.4) is 0 Å². The van der Waals surface area contributed by atoms with Crippen LogP contribution in [0, 0.1) is 5.82 Å². The number of para-hydroxylation sites is 1. The van der Waals surface area contributed by atoms with Crippen molar-refractivity contribution in [2.45, 2.75) is 37.5 Å². The summed E-state index contributed by atoms with van der Waals surface area (Å²) in [6, 6.07) is 4.94. The molecular weight excluding hydrogens is 408 g/mol. The molecule has 30 heavy (non-hydrogen) atoms. The Labute approximate surface area is 168 Å². The number of benzene rings is 1. The van der Waals surface area contributed by atoms with E-state index in [1.165, 1.54) is 18.3 Å². The number of nitrogens with zero attached hydrogens (tertiary/aromatic N) is 1. The van der Waals surface area contributed by atoms with Gasteiger partial charge in [0.05, 0.1) is 34.9 Å². The minimum absolute atomic E-state index is 0.124. The van der Waals surface area contributed by atoms with E-state index in [0.29, 0.717) is 18.5 Å². The number of amides is 2. The Morgan fingerprint density at radius 1 is 1.20 bits per heavy atom. The Balaban J connectivity index is 1.70. The molecule has 0 bridgehead atoms. The van der Waals surface area contributed by atoms with E-state index >= 15 is 0 Å². The summed E-state index contributed by atoms with van der Waals surface area (Å²) < 4.78 is 53.2. The van der Waals surface area contributed by atoms with Gasteiger partial charge in [-0.05, 0) is 44.0 Å². The maximum Gasteiger partial charge on any atom is 0.418 e. The zero-order chi connectivity index (χ0) is 22.1. The number of carboxylic acid groups (broad SMARTS) is 1. The van der Waals surface area contributed by atoms with E-state index in [9.17, 15) is 27.2 Å². The first-order valence-electron chi connectivity index (χ1n) is 8.92. The van der Waals surface area contributed by atoms with Crippen molar-refractivity contribution < 1.29 is 32.3 Å². The Morgan fingerprint density at radius 3 is 2.43 bits per heavy atom. The molecule has 1 aliphatic rings. The third-order valence-electron chi connectivity index (χ3n) is 4.70. The van der Waals surface area contributed by atoms with Crippen molar-refractivity contribution in [3.63, 3.8) is 0 Å². The smallest absolute Gasteiger partial charge is 0.418 e. The number of carbonyl (C=O) groups excluding carboxylic acids is 1. The molecule has 1 aromatic heterocycles. The van der Waals surface area contributed by atoms with Gasteiger partial charge in [-0.1, -0.05) is 6.07 Å². The van der Waals surface area contributed by atoms with E-state index in [2.05, 4.69) is 20.9 Å². The molecule has 7 nitrogen and oxygen atoms in total. The van der Waals surface area contributed by atoms with Crippen molar-refractivity contribution in [3.8, 4) is 0 Å². The highest BCUT2D eigenvalue weighted by Gasteiger charge is 2.51. The Bertz CT molecular complexity index is 959. The predicted octanol–water partition coefficient (Wildman–Crippen LogP) is 3.96. The van der Waals surface area contributed by atoms with Crippen LogP contribution in [0.25, 0.3) is 0 Å². The molecule has 2 aromatic rings. The molecule has 4 N–H and O–H groups in total. The number of anilines is 2. The maximum atomic E-state index is 13.9. The Hall–Kier alpha value is -3.37. The van der Waals surface area contributed by atoms with Crippen molar-refractivity contribution in [3.05, 3.63) is 53.6 Å². The molecule has 0 saturated heterocycles. The van der Waals surface area contributed by atoms with Crippen LogP contribution in [0.4, 0.5) is 33.7 Å². The summed E-state index contributed by atoms with van der Waals surface area (Å²) in [6.45, 7) is 1.63. The largest absolute Gasteiger partial charge is 0.465 e. The summed E-state index contributed by atoms with van der Waals surface area (Å²) in [4.78, 5) is 27.2. The van der Waals surface area contributed by atoms with E-state index in [1.807, 2.05) is 0 Å². The fourth-order valence-corrected chi connectivity index (χ4v) is 2.91. The number of carbonyl (C=O) groups is 2. The fourth-order valence-electron chi connectivity index (χ4n) is 2.91. The van der Waals surface area contributed by atoms with E-state index in [-0.39, 0.29) is 5.69 Å². The van der Waals surface area contributed by atoms with Crippen molar-refractivity contribution in [2.75, 3.05) is 5.32 Å². The van der Waals surface area contributed by atoms with Crippen molar-refractivity contribution in [2.24, 2.45) is 0 Å². The van der Waals surface area contributed by atoms with Gasteiger partial charge in [-0.3, -0.25) is 9.78 Å². The summed E-state index contributed by atoms with van der Waals surface area (Å²) in [5.74, 6) is -1.54. The van der Waals surface area contributed by atoms with Gasteiger partial charge < -0.3 is 21.1 Å². The van der Waals surface area contributed by atoms with Crippen LogP contribution >= 0.6 is 0 Å². The third kappa shape index (κ3) is 4.61. The number of aromatic nitrogens is 1. The second-order valence-corrected chi connectivity index (χ2v) is 6.96. The number of nitrogens with one attached hydrogen (secondary N) is 3. The third-order valence-corrected chi connectivity index (χ3v) is 4.70. The van der Waals surface area contributed by atoms with Gasteiger partial charge in [-0.2, -0.15) is 13.2 Å². The van der Waals surface area contributed by atoms with Crippen LogP contribution < -0.4 is 16.0 Å². The lowest BCUT2D eigenvalue weighted by Crippen LogP contribution is -2.49. The normalized spacial score (nSPS) is 15.8. The first-order valence-corrected chi connectivity index (χ1v) is 8.92. The lowest BCUT2D eigenvalue weighted by atomic mass is 10.1. The topological polar surface area (TPSA) is 103 Å². The SMILES string of the molecule is CC(NC(=O)C1(NC(=O)O)CC1)c1ccc(Nc2c(F)cccc2C(F)(F)F)cn1. The van der Waals surface area contributed by atoms with Gasteiger partial charge in [-0.15, -0.1) is 0 Å². The number of pyridine rings is 1. The van der Waals surface area contributed by atoms with Gasteiger partial charge in [0.2, 0.25) is 5.91 Å². The summed E-state index contributed by atoms with van der Waals surface area (Å²) in [5, 5.41) is 16.1. The number of hydrogen-bond acceptors (Lipinski definition) is 4. The maximum absolute atomic E-state index is 13.9. The van der Waals surface area contributed by atoms with Gasteiger partial charge in [0.1, 0.15) is 11.4 Å². The van der Waals surface area contributed by atoms with Crippen molar-refractivity contribution >= 4 is 23.4 Å². The lowest BCUT2D eigenvalue weighted by molar-refractivity contribution is -0.137. The lowest BCUT2D eigenvalue weighted by Gasteiger charge is -2.20. The zero-order valence-electron chi connectivity index (χ0n) is 15.7. The summed E-state index contributed by atoms with van der Waals surface area (Å²) in [6.07, 6.45) is -4.04. The molecule has 3 rings (SSSR count). The molecule has 1 heterocycles. The second kappa shape index (κ2) is 7.81. The van der Waals surface area contributed by atoms with E-state index in [0.717, 1.165) is 18.2 Å². The highest BCUT2D eigenvalue weighted by Crippen LogP contribution is 2.38. The average molecular weight is 426 g/mol. The molecule has 1 aromatic carbocycles. The number of halogens is 4. The molecule has 1 saturated carbocycles. The second-order valence-electron chi connectivity index (χ2n) is 6.96. The molecule has 1 unspecified atom stereocenters. The Morgan fingerprint density at radius 2 is 1.90 bits per heavy atom. The van der Waals surface area contributed by atoms with Gasteiger partial charge in [0.25, 0.3) is 0 Å². The molecule has 1 aliphatic carbocycles. The van der Waals surface area contributed by atoms with Crippen LogP contribution in [0.15, 0.2) is 36.5 Å². The van der Waals surface area contributed by atoms with Crippen LogP contribution in [0.1, 0.15) is 37.1 Å². The quantitative estimate of drug-likeness (QED) is 0.524. The summed E-state index contributed by atoms with van der Waals surface area (Å²) >= 11 is 0. The van der Waals surface area contributed by atoms with Crippen LogP contribution in [0.5, 0.6) is 0 Å². The average Bonchev–Trinajstić information content (AvgIpc) is 3.43. The highest BCUT2D eigenvalue weighted by molar-refractivity contribution is 5.92. The number of alkyl halides is 3. The van der Waals surface area contributed by atoms with Crippen LogP contribution in [-0.4, -0.2) is 27.6 Å². The molecule has 11 heteroatoms. The number of hydrogen-bond donors (Lipinski definition) is 4. The van der Waals surface area contributed by atoms with Gasteiger partial charge in [0, 0.05) is 0 Å². The molecule has 0 radical (unpaired) electrons. The van der Waals surface area contributed by atoms with Gasteiger partial charge >= 0.3 is 12.3 Å². The molecule has 0 aliphatic heterocycles. The molecule has 1 atom stereocenters. The molecular formula is C19H18F4N4O3. The van der Waals surface area contributed by atoms with Crippen molar-refractivity contribution in [1.82, 2.24) is 15.6 Å². The molecule has 160 valence electrons. The summed E-state index contributed by atoms with van der Waals surface area (Å²) in [5.41, 5.74) is -2.48. The Kier molecular flexibility index (Phi) is 5.55. The predicted molar refractivity (Wildman–Crippen MR) is 98.6 cm³/mol. The van der Waals surface area contributed by atoms with E-state index in [4.69, 9.17) is 5.11 Å². The standard InChI is InChI=1S/C19H18F4N4O3/c1-10(25-16(28)18(7-8-18)27-17(29)30)14-6-5-11(9-24-14)26-15-12(19(21,22)23)3-2-4-13(15)20/h2-6,9-10,26-27H,7-8H2,1H3,(H,25,28)(H,29,30). The minimum atomic E-state index is -4.74.